The molecule has 0 fully saturated rings. The number of unbranched alkanes of at least 4 members (excludes halogenated alkanes) is 1. The maximum Gasteiger partial charge on any atom is 0.175 e. The van der Waals surface area contributed by atoms with Crippen LogP contribution in [0.1, 0.15) is 24.0 Å². The van der Waals surface area contributed by atoms with Crippen LogP contribution in [0, 0.1) is 6.92 Å². The van der Waals surface area contributed by atoms with Gasteiger partial charge in [-0.05, 0) is 49.9 Å². The lowest BCUT2D eigenvalue weighted by molar-refractivity contribution is 0.601. The van der Waals surface area contributed by atoms with Gasteiger partial charge in [0.25, 0.3) is 0 Å². The lowest BCUT2D eigenvalue weighted by Gasteiger charge is -2.07. The minimum atomic E-state index is -3.11. The summed E-state index contributed by atoms with van der Waals surface area (Å²) in [5.41, 5.74) is 7.30. The fourth-order valence-corrected chi connectivity index (χ4v) is 2.69. The zero-order valence-electron chi connectivity index (χ0n) is 9.86. The molecule has 0 amide bonds. The first-order valence-electron chi connectivity index (χ1n) is 5.45. The third-order valence-corrected chi connectivity index (χ3v) is 3.81. The van der Waals surface area contributed by atoms with Crippen LogP contribution in [0.4, 0.5) is 0 Å². The molecular weight excluding hydrogens is 222 g/mol. The van der Waals surface area contributed by atoms with Crippen LogP contribution >= 0.6 is 0 Å². The van der Waals surface area contributed by atoms with Crippen LogP contribution in [-0.2, 0) is 16.3 Å². The summed E-state index contributed by atoms with van der Waals surface area (Å²) in [5.74, 6) is 0. The average Bonchev–Trinajstić information content (AvgIpc) is 2.19. The third kappa shape index (κ3) is 3.61. The van der Waals surface area contributed by atoms with Gasteiger partial charge in [0.2, 0.25) is 0 Å². The number of hydrogen-bond acceptors (Lipinski definition) is 3. The molecule has 0 bridgehead atoms. The highest BCUT2D eigenvalue weighted by Crippen LogP contribution is 2.18. The summed E-state index contributed by atoms with van der Waals surface area (Å²) in [7, 11) is -3.11. The summed E-state index contributed by atoms with van der Waals surface area (Å²) in [6, 6.07) is 5.63. The molecular formula is C12H19NO2S. The molecule has 0 unspecified atom stereocenters. The van der Waals surface area contributed by atoms with Gasteiger partial charge in [-0.3, -0.25) is 0 Å². The van der Waals surface area contributed by atoms with E-state index in [0.29, 0.717) is 11.4 Å². The van der Waals surface area contributed by atoms with Crippen molar-refractivity contribution in [3.8, 4) is 0 Å². The average molecular weight is 241 g/mol. The molecule has 0 aliphatic heterocycles. The van der Waals surface area contributed by atoms with Gasteiger partial charge in [0.05, 0.1) is 4.90 Å². The van der Waals surface area contributed by atoms with Gasteiger partial charge >= 0.3 is 0 Å². The van der Waals surface area contributed by atoms with Gasteiger partial charge in [-0.2, -0.15) is 0 Å². The Morgan fingerprint density at radius 1 is 1.25 bits per heavy atom. The largest absolute Gasteiger partial charge is 0.330 e. The van der Waals surface area contributed by atoms with Gasteiger partial charge in [-0.15, -0.1) is 0 Å². The zero-order valence-corrected chi connectivity index (χ0v) is 10.7. The second kappa shape index (κ2) is 5.46. The first-order chi connectivity index (χ1) is 7.45. The van der Waals surface area contributed by atoms with Crippen molar-refractivity contribution < 1.29 is 8.42 Å². The van der Waals surface area contributed by atoms with E-state index < -0.39 is 9.84 Å². The second-order valence-electron chi connectivity index (χ2n) is 4.12. The molecule has 0 aliphatic carbocycles. The zero-order chi connectivity index (χ0) is 12.2. The van der Waals surface area contributed by atoms with Crippen molar-refractivity contribution in [2.24, 2.45) is 5.73 Å². The highest BCUT2D eigenvalue weighted by molar-refractivity contribution is 7.90. The summed E-state index contributed by atoms with van der Waals surface area (Å²) in [6.07, 6.45) is 4.11. The monoisotopic (exact) mass is 241 g/mol. The first kappa shape index (κ1) is 13.2. The number of aryl methyl sites for hydroxylation is 2. The molecule has 3 nitrogen and oxygen atoms in total. The maximum atomic E-state index is 11.5. The van der Waals surface area contributed by atoms with Crippen molar-refractivity contribution in [3.63, 3.8) is 0 Å². The van der Waals surface area contributed by atoms with E-state index in [1.54, 1.807) is 6.07 Å². The summed E-state index contributed by atoms with van der Waals surface area (Å²) in [4.78, 5) is 0.442. The fourth-order valence-electron chi connectivity index (χ4n) is 1.67. The summed E-state index contributed by atoms with van der Waals surface area (Å²) >= 11 is 0. The minimum Gasteiger partial charge on any atom is -0.330 e. The number of nitrogens with two attached hydrogens (primary N) is 1. The van der Waals surface area contributed by atoms with Gasteiger partial charge in [-0.1, -0.05) is 12.1 Å². The standard InChI is InChI=1S/C12H19NO2S/c1-10-6-7-11(5-3-4-8-13)9-12(10)16(2,14)15/h6-7,9H,3-5,8,13H2,1-2H3. The molecule has 0 aliphatic rings. The van der Waals surface area contributed by atoms with E-state index in [0.717, 1.165) is 30.4 Å². The topological polar surface area (TPSA) is 60.2 Å². The van der Waals surface area contributed by atoms with Gasteiger partial charge < -0.3 is 5.73 Å². The molecule has 2 N–H and O–H groups in total. The fraction of sp³-hybridized carbons (Fsp3) is 0.500. The summed E-state index contributed by atoms with van der Waals surface area (Å²) in [6.45, 7) is 2.50. The van der Waals surface area contributed by atoms with Crippen LogP contribution in [0.2, 0.25) is 0 Å². The van der Waals surface area contributed by atoms with Crippen LogP contribution in [-0.4, -0.2) is 21.2 Å². The molecule has 0 spiro atoms. The lowest BCUT2D eigenvalue weighted by atomic mass is 10.1. The third-order valence-electron chi connectivity index (χ3n) is 2.57. The van der Waals surface area contributed by atoms with Crippen molar-refractivity contribution >= 4 is 9.84 Å². The number of benzene rings is 1. The normalized spacial score (nSPS) is 11.7. The van der Waals surface area contributed by atoms with E-state index in [1.165, 1.54) is 6.26 Å². The van der Waals surface area contributed by atoms with E-state index in [2.05, 4.69) is 0 Å². The molecule has 90 valence electrons. The molecule has 0 saturated carbocycles. The molecule has 0 atom stereocenters. The molecule has 0 aromatic heterocycles. The van der Waals surface area contributed by atoms with Crippen molar-refractivity contribution in [2.75, 3.05) is 12.8 Å². The van der Waals surface area contributed by atoms with Gasteiger partial charge in [0, 0.05) is 6.26 Å². The Balaban J connectivity index is 2.91. The second-order valence-corrected chi connectivity index (χ2v) is 6.10. The van der Waals surface area contributed by atoms with Gasteiger partial charge in [0.1, 0.15) is 0 Å². The molecule has 4 heteroatoms. The Hall–Kier alpha value is -0.870. The SMILES string of the molecule is Cc1ccc(CCCCN)cc1S(C)(=O)=O. The molecule has 0 radical (unpaired) electrons. The number of sulfone groups is 1. The molecule has 0 heterocycles. The Morgan fingerprint density at radius 3 is 2.50 bits per heavy atom. The predicted octanol–water partition coefficient (Wildman–Crippen LogP) is 1.68. The van der Waals surface area contributed by atoms with Crippen molar-refractivity contribution in [1.29, 1.82) is 0 Å². The van der Waals surface area contributed by atoms with E-state index >= 15 is 0 Å². The van der Waals surface area contributed by atoms with Crippen molar-refractivity contribution in [1.82, 2.24) is 0 Å². The van der Waals surface area contributed by atoms with Crippen molar-refractivity contribution in [3.05, 3.63) is 29.3 Å². The molecule has 1 aromatic carbocycles. The van der Waals surface area contributed by atoms with Crippen LogP contribution in [0.25, 0.3) is 0 Å². The Bertz CT molecular complexity index is 452. The Kier molecular flexibility index (Phi) is 4.50. The Labute approximate surface area is 97.6 Å². The van der Waals surface area contributed by atoms with E-state index in [9.17, 15) is 8.42 Å². The minimum absolute atomic E-state index is 0.442. The lowest BCUT2D eigenvalue weighted by Crippen LogP contribution is -2.02. The Morgan fingerprint density at radius 2 is 1.94 bits per heavy atom. The molecule has 1 aromatic rings. The van der Waals surface area contributed by atoms with Crippen molar-refractivity contribution in [2.45, 2.75) is 31.1 Å². The predicted molar refractivity (Wildman–Crippen MR) is 66.3 cm³/mol. The molecule has 16 heavy (non-hydrogen) atoms. The summed E-state index contributed by atoms with van der Waals surface area (Å²) in [5, 5.41) is 0. The maximum absolute atomic E-state index is 11.5. The molecule has 1 rings (SSSR count). The molecule has 0 saturated heterocycles. The van der Waals surface area contributed by atoms with Crippen LogP contribution in [0.15, 0.2) is 23.1 Å². The number of hydrogen-bond donors (Lipinski definition) is 1. The number of rotatable bonds is 5. The van der Waals surface area contributed by atoms with Gasteiger partial charge in [0.15, 0.2) is 9.84 Å². The van der Waals surface area contributed by atoms with E-state index in [4.69, 9.17) is 5.73 Å². The van der Waals surface area contributed by atoms with Crippen LogP contribution in [0.5, 0.6) is 0 Å². The van der Waals surface area contributed by atoms with E-state index in [1.807, 2.05) is 19.1 Å². The van der Waals surface area contributed by atoms with Crippen LogP contribution < -0.4 is 5.73 Å². The summed E-state index contributed by atoms with van der Waals surface area (Å²) < 4.78 is 23.0. The quantitative estimate of drug-likeness (QED) is 0.798. The van der Waals surface area contributed by atoms with Gasteiger partial charge in [-0.25, -0.2) is 8.42 Å². The smallest absolute Gasteiger partial charge is 0.175 e. The highest BCUT2D eigenvalue weighted by atomic mass is 32.2. The first-order valence-corrected chi connectivity index (χ1v) is 7.34. The highest BCUT2D eigenvalue weighted by Gasteiger charge is 2.10. The van der Waals surface area contributed by atoms with Crippen LogP contribution in [0.3, 0.4) is 0 Å². The van der Waals surface area contributed by atoms with E-state index in [-0.39, 0.29) is 0 Å².